The number of carbonyl (C=O) groups excluding carboxylic acids is 1. The molecule has 0 aromatic rings. The Hall–Kier alpha value is -0.570. The van der Waals surface area contributed by atoms with Gasteiger partial charge in [0.15, 0.2) is 0 Å². The van der Waals surface area contributed by atoms with Crippen LogP contribution in [-0.2, 0) is 4.79 Å². The summed E-state index contributed by atoms with van der Waals surface area (Å²) in [5.41, 5.74) is -0.0771. The lowest BCUT2D eigenvalue weighted by molar-refractivity contribution is -0.130. The van der Waals surface area contributed by atoms with E-state index in [9.17, 15) is 4.79 Å². The van der Waals surface area contributed by atoms with E-state index in [1.165, 1.54) is 25.7 Å². The van der Waals surface area contributed by atoms with Crippen molar-refractivity contribution in [2.75, 3.05) is 13.1 Å². The number of carbonyl (C=O) groups is 1. The second-order valence-electron chi connectivity index (χ2n) is 5.64. The summed E-state index contributed by atoms with van der Waals surface area (Å²) >= 11 is 0. The molecule has 1 aliphatic heterocycles. The third-order valence-electron chi connectivity index (χ3n) is 4.14. The summed E-state index contributed by atoms with van der Waals surface area (Å²) in [6, 6.07) is 0.354. The van der Waals surface area contributed by atoms with Crippen molar-refractivity contribution >= 4 is 5.91 Å². The summed E-state index contributed by atoms with van der Waals surface area (Å²) < 4.78 is 0. The van der Waals surface area contributed by atoms with Gasteiger partial charge in [0.2, 0.25) is 5.91 Å². The fourth-order valence-electron chi connectivity index (χ4n) is 2.88. The van der Waals surface area contributed by atoms with Crippen molar-refractivity contribution in [2.24, 2.45) is 5.41 Å². The first kappa shape index (κ1) is 11.9. The van der Waals surface area contributed by atoms with Crippen molar-refractivity contribution in [2.45, 2.75) is 57.9 Å². The predicted octanol–water partition coefficient (Wildman–Crippen LogP) is 1.82. The number of hydrogen-bond donors (Lipinski definition) is 2. The molecule has 0 radical (unpaired) electrons. The monoisotopic (exact) mass is 224 g/mol. The molecule has 1 aliphatic carbocycles. The van der Waals surface area contributed by atoms with Crippen LogP contribution in [0.1, 0.15) is 51.9 Å². The lowest BCUT2D eigenvalue weighted by Crippen LogP contribution is -2.46. The molecule has 1 unspecified atom stereocenters. The zero-order valence-corrected chi connectivity index (χ0v) is 10.3. The van der Waals surface area contributed by atoms with Gasteiger partial charge in [-0.1, -0.05) is 26.2 Å². The van der Waals surface area contributed by atoms with Crippen LogP contribution < -0.4 is 10.6 Å². The third kappa shape index (κ3) is 2.76. The number of rotatable bonds is 2. The summed E-state index contributed by atoms with van der Waals surface area (Å²) in [5.74, 6) is 0.290. The molecule has 1 amide bonds. The highest BCUT2D eigenvalue weighted by Crippen LogP contribution is 2.37. The zero-order valence-electron chi connectivity index (χ0n) is 10.3. The molecule has 2 rings (SSSR count). The standard InChI is InChI=1S/C13H24N2O/c1-13(7-3-4-8-13)12(16)15-11-6-2-5-9-14-10-11/h11,14H,2-10H2,1H3,(H,15,16). The molecule has 1 saturated carbocycles. The van der Waals surface area contributed by atoms with Gasteiger partial charge in [-0.05, 0) is 32.2 Å². The van der Waals surface area contributed by atoms with Crippen LogP contribution in [0.4, 0.5) is 0 Å². The molecule has 16 heavy (non-hydrogen) atoms. The van der Waals surface area contributed by atoms with Gasteiger partial charge in [0.25, 0.3) is 0 Å². The van der Waals surface area contributed by atoms with Crippen LogP contribution >= 0.6 is 0 Å². The molecule has 0 spiro atoms. The van der Waals surface area contributed by atoms with Crippen molar-refractivity contribution in [1.29, 1.82) is 0 Å². The maximum atomic E-state index is 12.2. The van der Waals surface area contributed by atoms with Crippen molar-refractivity contribution in [3.8, 4) is 0 Å². The number of amides is 1. The van der Waals surface area contributed by atoms with Gasteiger partial charge < -0.3 is 10.6 Å². The van der Waals surface area contributed by atoms with E-state index in [0.29, 0.717) is 11.9 Å². The molecule has 0 aromatic carbocycles. The third-order valence-corrected chi connectivity index (χ3v) is 4.14. The molecular formula is C13H24N2O. The summed E-state index contributed by atoms with van der Waals surface area (Å²) in [7, 11) is 0. The maximum absolute atomic E-state index is 12.2. The van der Waals surface area contributed by atoms with Crippen LogP contribution in [0.3, 0.4) is 0 Å². The average Bonchev–Trinajstić information content (AvgIpc) is 2.56. The fourth-order valence-corrected chi connectivity index (χ4v) is 2.88. The van der Waals surface area contributed by atoms with Crippen LogP contribution in [0.15, 0.2) is 0 Å². The minimum absolute atomic E-state index is 0.0771. The Morgan fingerprint density at radius 2 is 2.00 bits per heavy atom. The van der Waals surface area contributed by atoms with E-state index in [-0.39, 0.29) is 5.41 Å². The first-order valence-corrected chi connectivity index (χ1v) is 6.72. The molecular weight excluding hydrogens is 200 g/mol. The van der Waals surface area contributed by atoms with Crippen molar-refractivity contribution in [3.05, 3.63) is 0 Å². The van der Waals surface area contributed by atoms with Crippen molar-refractivity contribution < 1.29 is 4.79 Å². The number of nitrogens with one attached hydrogen (secondary N) is 2. The minimum Gasteiger partial charge on any atom is -0.352 e. The molecule has 1 heterocycles. The smallest absolute Gasteiger partial charge is 0.226 e. The predicted molar refractivity (Wildman–Crippen MR) is 65.2 cm³/mol. The van der Waals surface area contributed by atoms with Crippen LogP contribution in [0, 0.1) is 5.41 Å². The van der Waals surface area contributed by atoms with Crippen LogP contribution in [0.25, 0.3) is 0 Å². The molecule has 2 aliphatic rings. The summed E-state index contributed by atoms with van der Waals surface area (Å²) in [6.07, 6.45) is 8.17. The van der Waals surface area contributed by atoms with Gasteiger partial charge in [-0.3, -0.25) is 4.79 Å². The minimum atomic E-state index is -0.0771. The molecule has 2 fully saturated rings. The van der Waals surface area contributed by atoms with Crippen LogP contribution in [0.2, 0.25) is 0 Å². The van der Waals surface area contributed by atoms with Gasteiger partial charge in [-0.2, -0.15) is 0 Å². The highest BCUT2D eigenvalue weighted by Gasteiger charge is 2.36. The first-order valence-electron chi connectivity index (χ1n) is 6.72. The van der Waals surface area contributed by atoms with Gasteiger partial charge in [0.1, 0.15) is 0 Å². The quantitative estimate of drug-likeness (QED) is 0.751. The Kier molecular flexibility index (Phi) is 3.85. The van der Waals surface area contributed by atoms with Gasteiger partial charge in [-0.25, -0.2) is 0 Å². The van der Waals surface area contributed by atoms with Gasteiger partial charge in [-0.15, -0.1) is 0 Å². The molecule has 3 nitrogen and oxygen atoms in total. The Morgan fingerprint density at radius 1 is 1.25 bits per heavy atom. The van der Waals surface area contributed by atoms with Gasteiger partial charge >= 0.3 is 0 Å². The summed E-state index contributed by atoms with van der Waals surface area (Å²) in [5, 5.41) is 6.63. The van der Waals surface area contributed by atoms with E-state index in [4.69, 9.17) is 0 Å². The second kappa shape index (κ2) is 5.17. The summed E-state index contributed by atoms with van der Waals surface area (Å²) in [6.45, 7) is 4.17. The second-order valence-corrected chi connectivity index (χ2v) is 5.64. The largest absolute Gasteiger partial charge is 0.352 e. The van der Waals surface area contributed by atoms with E-state index < -0.39 is 0 Å². The summed E-state index contributed by atoms with van der Waals surface area (Å²) in [4.78, 5) is 12.2. The molecule has 2 N–H and O–H groups in total. The lowest BCUT2D eigenvalue weighted by atomic mass is 9.87. The molecule has 1 saturated heterocycles. The highest BCUT2D eigenvalue weighted by atomic mass is 16.2. The van der Waals surface area contributed by atoms with Crippen molar-refractivity contribution in [1.82, 2.24) is 10.6 Å². The molecule has 0 aromatic heterocycles. The maximum Gasteiger partial charge on any atom is 0.226 e. The van der Waals surface area contributed by atoms with Crippen LogP contribution in [0.5, 0.6) is 0 Å². The SMILES string of the molecule is CC1(C(=O)NC2CCCCNC2)CCCC1. The average molecular weight is 224 g/mol. The van der Waals surface area contributed by atoms with E-state index in [0.717, 1.165) is 32.4 Å². The van der Waals surface area contributed by atoms with E-state index in [2.05, 4.69) is 17.6 Å². The Bertz CT molecular complexity index is 238. The zero-order chi connectivity index (χ0) is 11.4. The normalized spacial score (nSPS) is 29.7. The van der Waals surface area contributed by atoms with Gasteiger partial charge in [0.05, 0.1) is 0 Å². The molecule has 92 valence electrons. The fraction of sp³-hybridized carbons (Fsp3) is 0.923. The van der Waals surface area contributed by atoms with Crippen LogP contribution in [-0.4, -0.2) is 25.0 Å². The number of hydrogen-bond acceptors (Lipinski definition) is 2. The lowest BCUT2D eigenvalue weighted by Gasteiger charge is -2.26. The molecule has 3 heteroatoms. The Labute approximate surface area is 98.4 Å². The van der Waals surface area contributed by atoms with Crippen molar-refractivity contribution in [3.63, 3.8) is 0 Å². The van der Waals surface area contributed by atoms with E-state index >= 15 is 0 Å². The Morgan fingerprint density at radius 3 is 2.75 bits per heavy atom. The topological polar surface area (TPSA) is 41.1 Å². The molecule has 1 atom stereocenters. The van der Waals surface area contributed by atoms with Gasteiger partial charge in [0, 0.05) is 18.0 Å². The first-order chi connectivity index (χ1) is 7.71. The van der Waals surface area contributed by atoms with E-state index in [1.807, 2.05) is 0 Å². The highest BCUT2D eigenvalue weighted by molar-refractivity contribution is 5.82. The Balaban J connectivity index is 1.85. The molecule has 0 bridgehead atoms. The van der Waals surface area contributed by atoms with E-state index in [1.54, 1.807) is 0 Å².